The lowest BCUT2D eigenvalue weighted by molar-refractivity contribution is 0.371. The lowest BCUT2D eigenvalue weighted by atomic mass is 10.1. The highest BCUT2D eigenvalue weighted by atomic mass is 19.2. The highest BCUT2D eigenvalue weighted by molar-refractivity contribution is 5.31. The Hall–Kier alpha value is -1.82. The number of halogens is 2. The standard InChI is InChI=1S/C15H17F2N3O/c1-8(18-2)5-14-19-15(21-20-14)11-7-10(11)9-3-4-12(16)13(17)6-9/h3-4,6,8,10-11,18H,5,7H2,1-2H3. The van der Waals surface area contributed by atoms with E-state index in [1.54, 1.807) is 6.07 Å². The average molecular weight is 293 g/mol. The first-order chi connectivity index (χ1) is 10.1. The van der Waals surface area contributed by atoms with E-state index in [9.17, 15) is 8.78 Å². The minimum atomic E-state index is -0.822. The molecule has 1 aromatic carbocycles. The lowest BCUT2D eigenvalue weighted by Crippen LogP contribution is -2.24. The third-order valence-corrected chi connectivity index (χ3v) is 3.94. The maximum atomic E-state index is 13.3. The Morgan fingerprint density at radius 2 is 2.14 bits per heavy atom. The summed E-state index contributed by atoms with van der Waals surface area (Å²) in [6.45, 7) is 2.04. The van der Waals surface area contributed by atoms with Gasteiger partial charge >= 0.3 is 0 Å². The van der Waals surface area contributed by atoms with Crippen LogP contribution in [0.2, 0.25) is 0 Å². The van der Waals surface area contributed by atoms with Gasteiger partial charge in [-0.15, -0.1) is 0 Å². The first-order valence-electron chi connectivity index (χ1n) is 7.03. The molecule has 0 bridgehead atoms. The van der Waals surface area contributed by atoms with Gasteiger partial charge in [-0.2, -0.15) is 4.98 Å². The van der Waals surface area contributed by atoms with Crippen LogP contribution in [0.15, 0.2) is 22.7 Å². The zero-order chi connectivity index (χ0) is 15.0. The Morgan fingerprint density at radius 1 is 1.33 bits per heavy atom. The monoisotopic (exact) mass is 293 g/mol. The Balaban J connectivity index is 1.68. The summed E-state index contributed by atoms with van der Waals surface area (Å²) < 4.78 is 31.5. The molecule has 112 valence electrons. The zero-order valence-corrected chi connectivity index (χ0v) is 11.9. The number of likely N-dealkylation sites (N-methyl/N-ethyl adjacent to an activating group) is 1. The molecular formula is C15H17F2N3O. The molecule has 21 heavy (non-hydrogen) atoms. The Bertz CT molecular complexity index is 644. The average Bonchev–Trinajstić information content (AvgIpc) is 3.14. The first-order valence-corrected chi connectivity index (χ1v) is 7.03. The highest BCUT2D eigenvalue weighted by Gasteiger charge is 2.44. The highest BCUT2D eigenvalue weighted by Crippen LogP contribution is 2.54. The maximum absolute atomic E-state index is 13.3. The van der Waals surface area contributed by atoms with E-state index < -0.39 is 11.6 Å². The predicted octanol–water partition coefficient (Wildman–Crippen LogP) is 2.77. The predicted molar refractivity (Wildman–Crippen MR) is 73.0 cm³/mol. The van der Waals surface area contributed by atoms with Crippen molar-refractivity contribution in [3.8, 4) is 0 Å². The third kappa shape index (κ3) is 2.95. The van der Waals surface area contributed by atoms with Gasteiger partial charge in [0, 0.05) is 18.4 Å². The van der Waals surface area contributed by atoms with Crippen LogP contribution in [-0.2, 0) is 6.42 Å². The molecule has 3 atom stereocenters. The van der Waals surface area contributed by atoms with Crippen LogP contribution >= 0.6 is 0 Å². The summed E-state index contributed by atoms with van der Waals surface area (Å²) in [4.78, 5) is 4.39. The van der Waals surface area contributed by atoms with Gasteiger partial charge in [-0.3, -0.25) is 0 Å². The van der Waals surface area contributed by atoms with Gasteiger partial charge in [-0.1, -0.05) is 11.2 Å². The summed E-state index contributed by atoms with van der Waals surface area (Å²) in [6.07, 6.45) is 1.52. The van der Waals surface area contributed by atoms with Crippen molar-refractivity contribution < 1.29 is 13.3 Å². The van der Waals surface area contributed by atoms with Crippen LogP contribution in [0.5, 0.6) is 0 Å². The fraction of sp³-hybridized carbons (Fsp3) is 0.467. The smallest absolute Gasteiger partial charge is 0.230 e. The molecule has 0 saturated heterocycles. The van der Waals surface area contributed by atoms with Crippen LogP contribution in [0.4, 0.5) is 8.78 Å². The Labute approximate surface area is 121 Å². The first kappa shape index (κ1) is 14.1. The number of nitrogens with one attached hydrogen (secondary N) is 1. The summed E-state index contributed by atoms with van der Waals surface area (Å²) in [5, 5.41) is 7.08. The molecule has 3 rings (SSSR count). The van der Waals surface area contributed by atoms with Crippen molar-refractivity contribution in [2.24, 2.45) is 0 Å². The second kappa shape index (κ2) is 5.52. The van der Waals surface area contributed by atoms with Crippen molar-refractivity contribution in [1.82, 2.24) is 15.5 Å². The fourth-order valence-corrected chi connectivity index (χ4v) is 2.46. The van der Waals surface area contributed by atoms with E-state index in [4.69, 9.17) is 4.52 Å². The normalized spacial score (nSPS) is 22.3. The van der Waals surface area contributed by atoms with Crippen LogP contribution in [-0.4, -0.2) is 23.2 Å². The van der Waals surface area contributed by atoms with Crippen LogP contribution in [0, 0.1) is 11.6 Å². The van der Waals surface area contributed by atoms with E-state index in [-0.39, 0.29) is 17.9 Å². The van der Waals surface area contributed by atoms with E-state index in [1.807, 2.05) is 14.0 Å². The van der Waals surface area contributed by atoms with Crippen LogP contribution in [0.1, 0.15) is 42.5 Å². The molecule has 1 fully saturated rings. The number of aromatic nitrogens is 2. The Kier molecular flexibility index (Phi) is 3.71. The van der Waals surface area contributed by atoms with Gasteiger partial charge in [0.25, 0.3) is 0 Å². The molecule has 0 spiro atoms. The van der Waals surface area contributed by atoms with Gasteiger partial charge in [0.05, 0.1) is 0 Å². The van der Waals surface area contributed by atoms with Crippen molar-refractivity contribution in [2.75, 3.05) is 7.05 Å². The van der Waals surface area contributed by atoms with Crippen molar-refractivity contribution in [2.45, 2.75) is 37.6 Å². The van der Waals surface area contributed by atoms with Crippen molar-refractivity contribution in [3.05, 3.63) is 47.1 Å². The molecule has 1 saturated carbocycles. The maximum Gasteiger partial charge on any atom is 0.230 e. The number of nitrogens with zero attached hydrogens (tertiary/aromatic N) is 2. The molecule has 6 heteroatoms. The van der Waals surface area contributed by atoms with Gasteiger partial charge in [-0.05, 0) is 44.0 Å². The van der Waals surface area contributed by atoms with E-state index >= 15 is 0 Å². The zero-order valence-electron chi connectivity index (χ0n) is 11.9. The molecule has 1 aliphatic rings. The minimum absolute atomic E-state index is 0.112. The molecule has 2 aromatic rings. The topological polar surface area (TPSA) is 51.0 Å². The summed E-state index contributed by atoms with van der Waals surface area (Å²) in [6, 6.07) is 4.30. The van der Waals surface area contributed by atoms with Crippen molar-refractivity contribution >= 4 is 0 Å². The van der Waals surface area contributed by atoms with E-state index in [0.29, 0.717) is 18.1 Å². The molecule has 0 amide bonds. The van der Waals surface area contributed by atoms with E-state index in [0.717, 1.165) is 18.1 Å². The number of benzene rings is 1. The van der Waals surface area contributed by atoms with Gasteiger partial charge in [-0.25, -0.2) is 8.78 Å². The van der Waals surface area contributed by atoms with Crippen LogP contribution in [0.3, 0.4) is 0 Å². The minimum Gasteiger partial charge on any atom is -0.339 e. The third-order valence-electron chi connectivity index (χ3n) is 3.94. The molecular weight excluding hydrogens is 276 g/mol. The molecule has 1 N–H and O–H groups in total. The molecule has 1 aromatic heterocycles. The van der Waals surface area contributed by atoms with Gasteiger partial charge < -0.3 is 9.84 Å². The fourth-order valence-electron chi connectivity index (χ4n) is 2.46. The summed E-state index contributed by atoms with van der Waals surface area (Å²) in [7, 11) is 1.88. The summed E-state index contributed by atoms with van der Waals surface area (Å²) in [5.41, 5.74) is 0.780. The number of hydrogen-bond acceptors (Lipinski definition) is 4. The van der Waals surface area contributed by atoms with Crippen molar-refractivity contribution in [1.29, 1.82) is 0 Å². The quantitative estimate of drug-likeness (QED) is 0.921. The Morgan fingerprint density at radius 3 is 2.86 bits per heavy atom. The SMILES string of the molecule is CNC(C)Cc1noc(C2CC2c2ccc(F)c(F)c2)n1. The second-order valence-corrected chi connectivity index (χ2v) is 5.56. The lowest BCUT2D eigenvalue weighted by Gasteiger charge is -2.04. The molecule has 3 unspecified atom stereocenters. The molecule has 1 aliphatic carbocycles. The molecule has 0 aliphatic heterocycles. The largest absolute Gasteiger partial charge is 0.339 e. The molecule has 4 nitrogen and oxygen atoms in total. The van der Waals surface area contributed by atoms with Crippen molar-refractivity contribution in [3.63, 3.8) is 0 Å². The van der Waals surface area contributed by atoms with E-state index in [1.165, 1.54) is 6.07 Å². The molecule has 0 radical (unpaired) electrons. The number of rotatable bonds is 5. The summed E-state index contributed by atoms with van der Waals surface area (Å²) in [5.74, 6) is -0.133. The summed E-state index contributed by atoms with van der Waals surface area (Å²) >= 11 is 0. The second-order valence-electron chi connectivity index (χ2n) is 5.56. The van der Waals surface area contributed by atoms with Gasteiger partial charge in [0.15, 0.2) is 17.5 Å². The van der Waals surface area contributed by atoms with E-state index in [2.05, 4.69) is 15.5 Å². The van der Waals surface area contributed by atoms with Gasteiger partial charge in [0.2, 0.25) is 5.89 Å². The van der Waals surface area contributed by atoms with Crippen LogP contribution in [0.25, 0.3) is 0 Å². The van der Waals surface area contributed by atoms with Gasteiger partial charge in [0.1, 0.15) is 0 Å². The molecule has 1 heterocycles. The van der Waals surface area contributed by atoms with Crippen LogP contribution < -0.4 is 5.32 Å². The number of hydrogen-bond donors (Lipinski definition) is 1.